The lowest BCUT2D eigenvalue weighted by Gasteiger charge is -2.10. The molecule has 100 valence electrons. The Labute approximate surface area is 125 Å². The maximum atomic E-state index is 6.05. The lowest BCUT2D eigenvalue weighted by atomic mass is 10.3. The summed E-state index contributed by atoms with van der Waals surface area (Å²) in [7, 11) is 0. The zero-order chi connectivity index (χ0) is 13.7. The van der Waals surface area contributed by atoms with Gasteiger partial charge in [0.2, 0.25) is 0 Å². The summed E-state index contributed by atoms with van der Waals surface area (Å²) >= 11 is 9.49. The third kappa shape index (κ3) is 3.81. The van der Waals surface area contributed by atoms with Crippen LogP contribution in [0.4, 0.5) is 17.3 Å². The number of halogens is 2. The van der Waals surface area contributed by atoms with E-state index in [-0.39, 0.29) is 0 Å². The van der Waals surface area contributed by atoms with E-state index in [0.29, 0.717) is 5.02 Å². The predicted octanol–water partition coefficient (Wildman–Crippen LogP) is 4.46. The van der Waals surface area contributed by atoms with Crippen molar-refractivity contribution in [3.8, 4) is 0 Å². The fraction of sp³-hybridized carbons (Fsp3) is 0.231. The van der Waals surface area contributed by atoms with Crippen molar-refractivity contribution in [2.45, 2.75) is 13.3 Å². The number of hydrogen-bond donors (Lipinski definition) is 2. The first-order valence-electron chi connectivity index (χ1n) is 5.97. The van der Waals surface area contributed by atoms with Gasteiger partial charge < -0.3 is 10.6 Å². The van der Waals surface area contributed by atoms with Crippen LogP contribution >= 0.6 is 27.5 Å². The first-order chi connectivity index (χ1) is 9.20. The summed E-state index contributed by atoms with van der Waals surface area (Å²) in [6, 6.07) is 7.50. The van der Waals surface area contributed by atoms with Gasteiger partial charge >= 0.3 is 0 Å². The van der Waals surface area contributed by atoms with E-state index in [1.807, 2.05) is 24.3 Å². The van der Waals surface area contributed by atoms with Crippen LogP contribution in [0.2, 0.25) is 5.02 Å². The lowest BCUT2D eigenvalue weighted by molar-refractivity contribution is 0.965. The molecule has 1 aromatic heterocycles. The van der Waals surface area contributed by atoms with Gasteiger partial charge in [-0.05, 0) is 34.5 Å². The maximum absolute atomic E-state index is 6.05. The standard InChI is InChI=1S/C13H14BrClN4/c1-2-6-16-11-7-12(18-8-17-11)19-10-5-3-4-9(15)13(10)14/h3-5,7-8H,2,6H2,1H3,(H2,16,17,18,19). The Bertz CT molecular complexity index is 562. The van der Waals surface area contributed by atoms with Crippen LogP contribution in [0.25, 0.3) is 0 Å². The number of aromatic nitrogens is 2. The number of nitrogens with zero attached hydrogens (tertiary/aromatic N) is 2. The van der Waals surface area contributed by atoms with Crippen molar-refractivity contribution in [1.82, 2.24) is 9.97 Å². The highest BCUT2D eigenvalue weighted by Crippen LogP contribution is 2.31. The van der Waals surface area contributed by atoms with Crippen LogP contribution in [-0.2, 0) is 0 Å². The topological polar surface area (TPSA) is 49.8 Å². The van der Waals surface area contributed by atoms with Gasteiger partial charge in [-0.3, -0.25) is 0 Å². The number of rotatable bonds is 5. The van der Waals surface area contributed by atoms with E-state index in [1.165, 1.54) is 6.33 Å². The smallest absolute Gasteiger partial charge is 0.135 e. The second-order valence-electron chi connectivity index (χ2n) is 3.94. The molecule has 1 aromatic carbocycles. The molecule has 1 heterocycles. The quantitative estimate of drug-likeness (QED) is 0.843. The highest BCUT2D eigenvalue weighted by atomic mass is 79.9. The fourth-order valence-corrected chi connectivity index (χ4v) is 2.05. The van der Waals surface area contributed by atoms with Gasteiger partial charge in [0.15, 0.2) is 0 Å². The molecule has 0 aliphatic heterocycles. The average molecular weight is 342 g/mol. The largest absolute Gasteiger partial charge is 0.370 e. The molecule has 0 aliphatic carbocycles. The second-order valence-corrected chi connectivity index (χ2v) is 5.14. The first kappa shape index (κ1) is 14.1. The van der Waals surface area contributed by atoms with E-state index in [2.05, 4.69) is 43.5 Å². The van der Waals surface area contributed by atoms with E-state index in [4.69, 9.17) is 11.6 Å². The summed E-state index contributed by atoms with van der Waals surface area (Å²) in [6.07, 6.45) is 2.57. The maximum Gasteiger partial charge on any atom is 0.135 e. The van der Waals surface area contributed by atoms with Crippen LogP contribution in [-0.4, -0.2) is 16.5 Å². The Morgan fingerprint density at radius 1 is 1.26 bits per heavy atom. The number of anilines is 3. The van der Waals surface area contributed by atoms with Crippen molar-refractivity contribution in [3.63, 3.8) is 0 Å². The molecule has 0 unspecified atom stereocenters. The zero-order valence-corrected chi connectivity index (χ0v) is 12.8. The van der Waals surface area contributed by atoms with Crippen molar-refractivity contribution in [3.05, 3.63) is 40.1 Å². The molecule has 4 nitrogen and oxygen atoms in total. The highest BCUT2D eigenvalue weighted by molar-refractivity contribution is 9.10. The van der Waals surface area contributed by atoms with Crippen molar-refractivity contribution in [1.29, 1.82) is 0 Å². The van der Waals surface area contributed by atoms with E-state index in [9.17, 15) is 0 Å². The van der Waals surface area contributed by atoms with E-state index in [0.717, 1.165) is 34.8 Å². The first-order valence-corrected chi connectivity index (χ1v) is 7.14. The summed E-state index contributed by atoms with van der Waals surface area (Å²) in [5, 5.41) is 7.08. The van der Waals surface area contributed by atoms with Crippen molar-refractivity contribution in [2.24, 2.45) is 0 Å². The van der Waals surface area contributed by atoms with Gasteiger partial charge in [0.1, 0.15) is 18.0 Å². The minimum atomic E-state index is 0.656. The Kier molecular flexibility index (Phi) is 4.99. The summed E-state index contributed by atoms with van der Waals surface area (Å²) < 4.78 is 0.818. The van der Waals surface area contributed by atoms with E-state index >= 15 is 0 Å². The molecule has 2 aromatic rings. The number of benzene rings is 1. The van der Waals surface area contributed by atoms with Gasteiger partial charge in [-0.1, -0.05) is 24.6 Å². The monoisotopic (exact) mass is 340 g/mol. The molecular weight excluding hydrogens is 328 g/mol. The Balaban J connectivity index is 2.16. The summed E-state index contributed by atoms with van der Waals surface area (Å²) in [4.78, 5) is 8.35. The van der Waals surface area contributed by atoms with Crippen LogP contribution < -0.4 is 10.6 Å². The second kappa shape index (κ2) is 6.73. The predicted molar refractivity (Wildman–Crippen MR) is 83.2 cm³/mol. The van der Waals surface area contributed by atoms with Crippen molar-refractivity contribution < 1.29 is 0 Å². The molecule has 6 heteroatoms. The molecule has 0 bridgehead atoms. The molecular formula is C13H14BrClN4. The number of nitrogens with one attached hydrogen (secondary N) is 2. The average Bonchev–Trinajstić information content (AvgIpc) is 2.42. The van der Waals surface area contributed by atoms with Gasteiger partial charge in [-0.15, -0.1) is 0 Å². The minimum Gasteiger partial charge on any atom is -0.370 e. The van der Waals surface area contributed by atoms with Gasteiger partial charge in [0.25, 0.3) is 0 Å². The third-order valence-corrected chi connectivity index (χ3v) is 3.84. The normalized spacial score (nSPS) is 10.3. The third-order valence-electron chi connectivity index (χ3n) is 2.44. The van der Waals surface area contributed by atoms with Gasteiger partial charge in [0, 0.05) is 12.6 Å². The Hall–Kier alpha value is -1.33. The molecule has 0 radical (unpaired) electrons. The van der Waals surface area contributed by atoms with Crippen molar-refractivity contribution >= 4 is 44.9 Å². The highest BCUT2D eigenvalue weighted by Gasteiger charge is 2.05. The van der Waals surface area contributed by atoms with Crippen LogP contribution in [0.5, 0.6) is 0 Å². The molecule has 2 N–H and O–H groups in total. The van der Waals surface area contributed by atoms with Crippen LogP contribution in [0.3, 0.4) is 0 Å². The SMILES string of the molecule is CCCNc1cc(Nc2cccc(Cl)c2Br)ncn1. The zero-order valence-electron chi connectivity index (χ0n) is 10.5. The molecule has 2 rings (SSSR count). The molecule has 0 spiro atoms. The molecule has 0 fully saturated rings. The van der Waals surface area contributed by atoms with Crippen LogP contribution in [0.15, 0.2) is 35.1 Å². The summed E-state index contributed by atoms with van der Waals surface area (Å²) in [6.45, 7) is 2.99. The fourth-order valence-electron chi connectivity index (χ4n) is 1.51. The summed E-state index contributed by atoms with van der Waals surface area (Å²) in [5.41, 5.74) is 0.868. The van der Waals surface area contributed by atoms with Gasteiger partial charge in [0.05, 0.1) is 15.2 Å². The lowest BCUT2D eigenvalue weighted by Crippen LogP contribution is -2.03. The van der Waals surface area contributed by atoms with Crippen molar-refractivity contribution in [2.75, 3.05) is 17.2 Å². The molecule has 0 saturated carbocycles. The van der Waals surface area contributed by atoms with E-state index < -0.39 is 0 Å². The molecule has 0 atom stereocenters. The number of hydrogen-bond acceptors (Lipinski definition) is 4. The van der Waals surface area contributed by atoms with Gasteiger partial charge in [-0.25, -0.2) is 9.97 Å². The summed E-state index contributed by atoms with van der Waals surface area (Å²) in [5.74, 6) is 1.52. The van der Waals surface area contributed by atoms with Crippen LogP contribution in [0, 0.1) is 0 Å². The molecule has 0 aliphatic rings. The molecule has 0 amide bonds. The van der Waals surface area contributed by atoms with Gasteiger partial charge in [-0.2, -0.15) is 0 Å². The minimum absolute atomic E-state index is 0.656. The Morgan fingerprint density at radius 3 is 2.84 bits per heavy atom. The Morgan fingerprint density at radius 2 is 2.05 bits per heavy atom. The van der Waals surface area contributed by atoms with E-state index in [1.54, 1.807) is 0 Å². The van der Waals surface area contributed by atoms with Crippen LogP contribution in [0.1, 0.15) is 13.3 Å². The molecule has 19 heavy (non-hydrogen) atoms. The molecule has 0 saturated heterocycles.